The monoisotopic (exact) mass is 313 g/mol. The summed E-state index contributed by atoms with van der Waals surface area (Å²) in [6.45, 7) is 1.95. The Morgan fingerprint density at radius 1 is 0.958 bits per heavy atom. The maximum Gasteiger partial charge on any atom is 0.143 e. The first-order valence-electron chi connectivity index (χ1n) is 8.00. The van der Waals surface area contributed by atoms with Gasteiger partial charge in [0.05, 0.1) is 17.0 Å². The Bertz CT molecular complexity index is 1040. The molecule has 4 aromatic rings. The molecule has 24 heavy (non-hydrogen) atoms. The molecule has 0 saturated carbocycles. The highest BCUT2D eigenvalue weighted by Crippen LogP contribution is 2.43. The van der Waals surface area contributed by atoms with E-state index in [1.54, 1.807) is 0 Å². The second-order valence-electron chi connectivity index (χ2n) is 6.09. The molecule has 1 aliphatic rings. The van der Waals surface area contributed by atoms with Crippen molar-refractivity contribution in [3.8, 4) is 33.8 Å². The number of hydrogen-bond acceptors (Lipinski definition) is 3. The van der Waals surface area contributed by atoms with E-state index >= 15 is 0 Å². The van der Waals surface area contributed by atoms with Crippen molar-refractivity contribution in [2.45, 2.75) is 13.3 Å². The van der Waals surface area contributed by atoms with Crippen molar-refractivity contribution in [3.05, 3.63) is 71.5 Å². The van der Waals surface area contributed by atoms with Crippen LogP contribution in [0.1, 0.15) is 16.9 Å². The molecule has 0 fully saturated rings. The van der Waals surface area contributed by atoms with Crippen LogP contribution in [0.3, 0.4) is 0 Å². The number of H-pyrrole nitrogens is 1. The Kier molecular flexibility index (Phi) is 2.73. The van der Waals surface area contributed by atoms with Crippen LogP contribution in [0.25, 0.3) is 33.8 Å². The first-order chi connectivity index (χ1) is 11.8. The van der Waals surface area contributed by atoms with E-state index in [0.29, 0.717) is 0 Å². The molecule has 0 atom stereocenters. The minimum absolute atomic E-state index is 0.802. The standard InChI is InChI=1S/C20H15N3O/c1-12-17(18(23-24-12)13-7-3-2-4-8-13)20-16-11-14-9-5-6-10-15(14)19(16)21-22-20/h2-10H,11H2,1H3,(H,21,22). The molecule has 1 aliphatic carbocycles. The zero-order valence-electron chi connectivity index (χ0n) is 13.2. The molecular weight excluding hydrogens is 298 g/mol. The smallest absolute Gasteiger partial charge is 0.143 e. The van der Waals surface area contributed by atoms with E-state index < -0.39 is 0 Å². The molecule has 1 N–H and O–H groups in total. The van der Waals surface area contributed by atoms with E-state index in [4.69, 9.17) is 4.52 Å². The quantitative estimate of drug-likeness (QED) is 0.518. The van der Waals surface area contributed by atoms with Gasteiger partial charge in [0.25, 0.3) is 0 Å². The molecule has 0 spiro atoms. The first kappa shape index (κ1) is 13.3. The molecule has 0 radical (unpaired) electrons. The minimum atomic E-state index is 0.802. The summed E-state index contributed by atoms with van der Waals surface area (Å²) in [5.74, 6) is 0.802. The lowest BCUT2D eigenvalue weighted by Gasteiger charge is -2.03. The van der Waals surface area contributed by atoms with E-state index in [9.17, 15) is 0 Å². The summed E-state index contributed by atoms with van der Waals surface area (Å²) in [4.78, 5) is 0. The number of rotatable bonds is 2. The van der Waals surface area contributed by atoms with Crippen molar-refractivity contribution in [2.75, 3.05) is 0 Å². The predicted octanol–water partition coefficient (Wildman–Crippen LogP) is 4.61. The van der Waals surface area contributed by atoms with E-state index in [1.165, 1.54) is 16.7 Å². The van der Waals surface area contributed by atoms with Crippen LogP contribution in [0.2, 0.25) is 0 Å². The number of aromatic nitrogens is 3. The molecule has 0 saturated heterocycles. The van der Waals surface area contributed by atoms with E-state index in [2.05, 4.69) is 39.6 Å². The maximum atomic E-state index is 5.51. The topological polar surface area (TPSA) is 54.7 Å². The zero-order valence-corrected chi connectivity index (χ0v) is 13.2. The van der Waals surface area contributed by atoms with Crippen LogP contribution in [0.15, 0.2) is 59.1 Å². The molecule has 0 unspecified atom stereocenters. The van der Waals surface area contributed by atoms with Gasteiger partial charge < -0.3 is 4.52 Å². The van der Waals surface area contributed by atoms with Crippen LogP contribution < -0.4 is 0 Å². The van der Waals surface area contributed by atoms with Crippen molar-refractivity contribution in [1.82, 2.24) is 15.4 Å². The highest BCUT2D eigenvalue weighted by Gasteiger charge is 2.28. The average Bonchev–Trinajstić information content (AvgIpc) is 3.29. The Balaban J connectivity index is 1.71. The molecule has 2 aromatic heterocycles. The lowest BCUT2D eigenvalue weighted by atomic mass is 10.00. The van der Waals surface area contributed by atoms with Crippen molar-refractivity contribution in [2.24, 2.45) is 0 Å². The molecule has 0 amide bonds. The second kappa shape index (κ2) is 4.93. The fourth-order valence-electron chi connectivity index (χ4n) is 3.52. The van der Waals surface area contributed by atoms with Crippen molar-refractivity contribution >= 4 is 0 Å². The lowest BCUT2D eigenvalue weighted by molar-refractivity contribution is 0.400. The summed E-state index contributed by atoms with van der Waals surface area (Å²) in [6, 6.07) is 18.5. The number of nitrogens with one attached hydrogen (secondary N) is 1. The largest absolute Gasteiger partial charge is 0.360 e. The van der Waals surface area contributed by atoms with E-state index in [1.807, 2.05) is 37.3 Å². The predicted molar refractivity (Wildman–Crippen MR) is 92.5 cm³/mol. The lowest BCUT2D eigenvalue weighted by Crippen LogP contribution is -1.90. The van der Waals surface area contributed by atoms with Gasteiger partial charge in [-0.25, -0.2) is 0 Å². The van der Waals surface area contributed by atoms with Crippen molar-refractivity contribution in [3.63, 3.8) is 0 Å². The first-order valence-corrected chi connectivity index (χ1v) is 8.00. The fraction of sp³-hybridized carbons (Fsp3) is 0.100. The van der Waals surface area contributed by atoms with Gasteiger partial charge >= 0.3 is 0 Å². The Labute approximate surface area is 139 Å². The van der Waals surface area contributed by atoms with Crippen molar-refractivity contribution < 1.29 is 4.52 Å². The molecule has 4 heteroatoms. The van der Waals surface area contributed by atoms with Gasteiger partial charge in [-0.3, -0.25) is 5.10 Å². The van der Waals surface area contributed by atoms with Gasteiger partial charge in [0, 0.05) is 23.1 Å². The minimum Gasteiger partial charge on any atom is -0.360 e. The highest BCUT2D eigenvalue weighted by atomic mass is 16.5. The normalized spacial score (nSPS) is 12.2. The molecule has 2 heterocycles. The summed E-state index contributed by atoms with van der Waals surface area (Å²) >= 11 is 0. The van der Waals surface area contributed by atoms with Gasteiger partial charge in [-0.05, 0) is 12.5 Å². The zero-order chi connectivity index (χ0) is 16.1. The average molecular weight is 313 g/mol. The fourth-order valence-corrected chi connectivity index (χ4v) is 3.52. The van der Waals surface area contributed by atoms with Crippen LogP contribution in [0.4, 0.5) is 0 Å². The van der Waals surface area contributed by atoms with Gasteiger partial charge in [-0.15, -0.1) is 0 Å². The molecule has 0 aliphatic heterocycles. The van der Waals surface area contributed by atoms with Crippen LogP contribution >= 0.6 is 0 Å². The molecule has 4 nitrogen and oxygen atoms in total. The number of benzene rings is 2. The Hall–Kier alpha value is -3.14. The number of nitrogens with zero attached hydrogens (tertiary/aromatic N) is 2. The third-order valence-electron chi connectivity index (χ3n) is 4.67. The van der Waals surface area contributed by atoms with Crippen LogP contribution in [-0.4, -0.2) is 15.4 Å². The molecule has 116 valence electrons. The SMILES string of the molecule is Cc1onc(-c2ccccc2)c1-c1[nH]nc2c1Cc1ccccc1-2. The summed E-state index contributed by atoms with van der Waals surface area (Å²) in [5, 5.41) is 12.1. The summed E-state index contributed by atoms with van der Waals surface area (Å²) in [5.41, 5.74) is 8.71. The highest BCUT2D eigenvalue weighted by molar-refractivity contribution is 5.87. The van der Waals surface area contributed by atoms with Crippen LogP contribution in [0.5, 0.6) is 0 Å². The van der Waals surface area contributed by atoms with Crippen LogP contribution in [0, 0.1) is 6.92 Å². The van der Waals surface area contributed by atoms with E-state index in [0.717, 1.165) is 40.4 Å². The van der Waals surface area contributed by atoms with Gasteiger partial charge in [0.2, 0.25) is 0 Å². The summed E-state index contributed by atoms with van der Waals surface area (Å²) < 4.78 is 5.51. The number of fused-ring (bicyclic) bond motifs is 3. The van der Waals surface area contributed by atoms with Gasteiger partial charge in [0.1, 0.15) is 11.5 Å². The molecular formula is C20H15N3O. The Morgan fingerprint density at radius 2 is 1.75 bits per heavy atom. The second-order valence-corrected chi connectivity index (χ2v) is 6.09. The summed E-state index contributed by atoms with van der Waals surface area (Å²) in [7, 11) is 0. The molecule has 5 rings (SSSR count). The van der Waals surface area contributed by atoms with Crippen LogP contribution in [-0.2, 0) is 6.42 Å². The number of aryl methyl sites for hydroxylation is 1. The van der Waals surface area contributed by atoms with Gasteiger partial charge in [-0.1, -0.05) is 59.8 Å². The molecule has 0 bridgehead atoms. The maximum absolute atomic E-state index is 5.51. The number of aromatic amines is 1. The molecule has 2 aromatic carbocycles. The van der Waals surface area contributed by atoms with Gasteiger partial charge in [0.15, 0.2) is 0 Å². The Morgan fingerprint density at radius 3 is 2.62 bits per heavy atom. The third-order valence-corrected chi connectivity index (χ3v) is 4.67. The van der Waals surface area contributed by atoms with Crippen molar-refractivity contribution in [1.29, 1.82) is 0 Å². The van der Waals surface area contributed by atoms with E-state index in [-0.39, 0.29) is 0 Å². The number of hydrogen-bond donors (Lipinski definition) is 1. The third kappa shape index (κ3) is 1.80. The van der Waals surface area contributed by atoms with Gasteiger partial charge in [-0.2, -0.15) is 5.10 Å². The summed E-state index contributed by atoms with van der Waals surface area (Å²) in [6.07, 6.45) is 0.885.